The van der Waals surface area contributed by atoms with E-state index in [1.54, 1.807) is 6.92 Å². The van der Waals surface area contributed by atoms with E-state index in [2.05, 4.69) is 5.10 Å². The molecule has 0 unspecified atom stereocenters. The van der Waals surface area contributed by atoms with Crippen molar-refractivity contribution in [1.29, 1.82) is 0 Å². The predicted molar refractivity (Wildman–Crippen MR) is 66.8 cm³/mol. The number of nitrogen functional groups attached to an aromatic ring is 1. The Morgan fingerprint density at radius 3 is 2.65 bits per heavy atom. The molecule has 2 rings (SSSR count). The summed E-state index contributed by atoms with van der Waals surface area (Å²) in [6.45, 7) is 1.68. The van der Waals surface area contributed by atoms with E-state index in [0.29, 0.717) is 17.4 Å². The van der Waals surface area contributed by atoms with Crippen LogP contribution in [0, 0.1) is 5.82 Å². The minimum absolute atomic E-state index is 0.0738. The third-order valence-electron chi connectivity index (χ3n) is 2.96. The Morgan fingerprint density at radius 2 is 2.12 bits per heavy atom. The fraction of sp³-hybridized carbons (Fsp3) is 0.364. The van der Waals surface area contributed by atoms with Gasteiger partial charge in [0.1, 0.15) is 11.7 Å². The fourth-order valence-electron chi connectivity index (χ4n) is 1.76. The number of hydrazone groups is 1. The monoisotopic (exact) mass is 237 g/mol. The number of rotatable bonds is 2. The van der Waals surface area contributed by atoms with Crippen molar-refractivity contribution in [3.8, 4) is 0 Å². The predicted octanol–water partition coefficient (Wildman–Crippen LogP) is 1.26. The topological polar surface area (TPSA) is 93.7 Å². The van der Waals surface area contributed by atoms with Gasteiger partial charge in [-0.3, -0.25) is 5.01 Å². The first kappa shape index (κ1) is 11.7. The summed E-state index contributed by atoms with van der Waals surface area (Å²) < 4.78 is 13.5. The third-order valence-corrected chi connectivity index (χ3v) is 2.96. The molecule has 17 heavy (non-hydrogen) atoms. The summed E-state index contributed by atoms with van der Waals surface area (Å²) in [4.78, 5) is 0. The molecule has 6 N–H and O–H groups in total. The highest BCUT2D eigenvalue weighted by atomic mass is 19.1. The van der Waals surface area contributed by atoms with E-state index in [9.17, 15) is 4.39 Å². The van der Waals surface area contributed by atoms with Crippen molar-refractivity contribution in [2.75, 3.05) is 10.7 Å². The Balaban J connectivity index is 2.47. The zero-order chi connectivity index (χ0) is 12.6. The second kappa shape index (κ2) is 4.21. The van der Waals surface area contributed by atoms with Gasteiger partial charge in [-0.05, 0) is 43.4 Å². The maximum Gasteiger partial charge on any atom is 0.146 e. The summed E-state index contributed by atoms with van der Waals surface area (Å²) in [7, 11) is 0. The van der Waals surface area contributed by atoms with Crippen LogP contribution in [0.25, 0.3) is 0 Å². The lowest BCUT2D eigenvalue weighted by Gasteiger charge is -2.21. The zero-order valence-corrected chi connectivity index (χ0v) is 9.65. The first-order valence-electron chi connectivity index (χ1n) is 5.42. The number of nitrogens with zero attached hydrogens (tertiary/aromatic N) is 2. The first-order chi connectivity index (χ1) is 8.04. The Kier molecular flexibility index (Phi) is 2.89. The van der Waals surface area contributed by atoms with Crippen LogP contribution in [0.5, 0.6) is 0 Å². The quantitative estimate of drug-likeness (QED) is 0.237. The maximum absolute atomic E-state index is 13.5. The zero-order valence-electron chi connectivity index (χ0n) is 9.65. The molecule has 0 heterocycles. The molecule has 0 saturated heterocycles. The minimum atomic E-state index is -0.411. The van der Waals surface area contributed by atoms with Crippen LogP contribution in [0.3, 0.4) is 0 Å². The third kappa shape index (κ3) is 2.16. The lowest BCUT2D eigenvalue weighted by Crippen LogP contribution is -2.37. The molecule has 0 amide bonds. The van der Waals surface area contributed by atoms with E-state index >= 15 is 0 Å². The lowest BCUT2D eigenvalue weighted by molar-refractivity contribution is 0.630. The summed E-state index contributed by atoms with van der Waals surface area (Å²) in [6.07, 6.45) is 2.09. The van der Waals surface area contributed by atoms with Gasteiger partial charge in [-0.15, -0.1) is 0 Å². The standard InChI is InChI=1S/C11H16FN5/c1-6(16-14)17(15)11-5-10(13)9(12)4-8(11)7-2-3-7/h4-5,7H,2-3,13-15H2,1H3/b16-6-. The minimum Gasteiger partial charge on any atom is -0.396 e. The van der Waals surface area contributed by atoms with Crippen LogP contribution < -0.4 is 22.4 Å². The van der Waals surface area contributed by atoms with E-state index in [0.717, 1.165) is 18.4 Å². The molecule has 6 heteroatoms. The van der Waals surface area contributed by atoms with Crippen LogP contribution in [0.2, 0.25) is 0 Å². The first-order valence-corrected chi connectivity index (χ1v) is 5.42. The van der Waals surface area contributed by atoms with E-state index in [-0.39, 0.29) is 5.69 Å². The second-order valence-corrected chi connectivity index (χ2v) is 4.25. The number of amidine groups is 1. The van der Waals surface area contributed by atoms with Crippen LogP contribution in [-0.2, 0) is 0 Å². The van der Waals surface area contributed by atoms with Gasteiger partial charge in [-0.25, -0.2) is 10.2 Å². The number of hydrazine groups is 1. The molecular weight excluding hydrogens is 221 g/mol. The number of nitrogens with two attached hydrogens (primary N) is 3. The second-order valence-electron chi connectivity index (χ2n) is 4.25. The summed E-state index contributed by atoms with van der Waals surface area (Å²) in [5.74, 6) is 11.4. The van der Waals surface area contributed by atoms with Gasteiger partial charge in [0, 0.05) is 0 Å². The van der Waals surface area contributed by atoms with Crippen LogP contribution in [0.1, 0.15) is 31.2 Å². The van der Waals surface area contributed by atoms with E-state index in [4.69, 9.17) is 17.4 Å². The van der Waals surface area contributed by atoms with Gasteiger partial charge >= 0.3 is 0 Å². The number of halogens is 1. The highest BCUT2D eigenvalue weighted by Crippen LogP contribution is 2.45. The molecule has 1 aromatic rings. The van der Waals surface area contributed by atoms with Gasteiger partial charge in [0.05, 0.1) is 11.4 Å². The van der Waals surface area contributed by atoms with Crippen molar-refractivity contribution in [1.82, 2.24) is 0 Å². The molecule has 0 aliphatic heterocycles. The van der Waals surface area contributed by atoms with Gasteiger partial charge in [0.15, 0.2) is 0 Å². The number of benzene rings is 1. The van der Waals surface area contributed by atoms with Crippen LogP contribution in [0.4, 0.5) is 15.8 Å². The highest BCUT2D eigenvalue weighted by molar-refractivity contribution is 5.96. The van der Waals surface area contributed by atoms with Crippen molar-refractivity contribution in [2.45, 2.75) is 25.7 Å². The van der Waals surface area contributed by atoms with Crippen molar-refractivity contribution < 1.29 is 4.39 Å². The molecule has 0 radical (unpaired) electrons. The van der Waals surface area contributed by atoms with E-state index < -0.39 is 5.82 Å². The molecule has 1 aliphatic carbocycles. The van der Waals surface area contributed by atoms with Crippen molar-refractivity contribution in [3.05, 3.63) is 23.5 Å². The summed E-state index contributed by atoms with van der Waals surface area (Å²) in [5.41, 5.74) is 7.16. The molecule has 1 saturated carbocycles. The summed E-state index contributed by atoms with van der Waals surface area (Å²) >= 11 is 0. The molecule has 0 atom stereocenters. The fourth-order valence-corrected chi connectivity index (χ4v) is 1.76. The van der Waals surface area contributed by atoms with E-state index in [1.807, 2.05) is 0 Å². The largest absolute Gasteiger partial charge is 0.396 e. The van der Waals surface area contributed by atoms with Gasteiger partial charge in [-0.2, -0.15) is 5.10 Å². The molecule has 0 bridgehead atoms. The molecule has 0 spiro atoms. The van der Waals surface area contributed by atoms with Crippen LogP contribution >= 0.6 is 0 Å². The van der Waals surface area contributed by atoms with Crippen LogP contribution in [-0.4, -0.2) is 5.84 Å². The smallest absolute Gasteiger partial charge is 0.146 e. The molecular formula is C11H16FN5. The number of hydrogen-bond donors (Lipinski definition) is 3. The highest BCUT2D eigenvalue weighted by Gasteiger charge is 2.29. The Hall–Kier alpha value is -1.82. The summed E-state index contributed by atoms with van der Waals surface area (Å²) in [5, 5.41) is 4.86. The van der Waals surface area contributed by atoms with Crippen molar-refractivity contribution in [3.63, 3.8) is 0 Å². The maximum atomic E-state index is 13.5. The van der Waals surface area contributed by atoms with Gasteiger partial charge < -0.3 is 11.6 Å². The van der Waals surface area contributed by atoms with E-state index in [1.165, 1.54) is 17.1 Å². The van der Waals surface area contributed by atoms with Gasteiger partial charge in [-0.1, -0.05) is 0 Å². The Labute approximate surface area is 99.0 Å². The van der Waals surface area contributed by atoms with Gasteiger partial charge in [0.2, 0.25) is 0 Å². The van der Waals surface area contributed by atoms with Crippen LogP contribution in [0.15, 0.2) is 17.2 Å². The number of hydrogen-bond acceptors (Lipinski definition) is 4. The molecule has 1 aliphatic rings. The molecule has 92 valence electrons. The molecule has 5 nitrogen and oxygen atoms in total. The average molecular weight is 237 g/mol. The normalized spacial score (nSPS) is 16.1. The molecule has 1 fully saturated rings. The average Bonchev–Trinajstić information content (AvgIpc) is 3.14. The van der Waals surface area contributed by atoms with Crippen molar-refractivity contribution in [2.24, 2.45) is 16.8 Å². The summed E-state index contributed by atoms with van der Waals surface area (Å²) in [6, 6.07) is 2.98. The Morgan fingerprint density at radius 1 is 1.47 bits per heavy atom. The SMILES string of the molecule is C/C(=N/N)N(N)c1cc(N)c(F)cc1C1CC1. The molecule has 0 aromatic heterocycles. The van der Waals surface area contributed by atoms with Crippen molar-refractivity contribution >= 4 is 17.2 Å². The Bertz CT molecular complexity index is 467. The van der Waals surface area contributed by atoms with Gasteiger partial charge in [0.25, 0.3) is 0 Å². The molecule has 1 aromatic carbocycles. The lowest BCUT2D eigenvalue weighted by atomic mass is 10.1. The number of anilines is 2.